The fourth-order valence-corrected chi connectivity index (χ4v) is 5.80. The molecule has 4 atom stereocenters. The van der Waals surface area contributed by atoms with Gasteiger partial charge >= 0.3 is 0 Å². The van der Waals surface area contributed by atoms with E-state index in [1.54, 1.807) is 6.07 Å². The highest BCUT2D eigenvalue weighted by Gasteiger charge is 2.72. The minimum absolute atomic E-state index is 0.0408. The number of phenols is 1. The molecule has 0 amide bonds. The van der Waals surface area contributed by atoms with Gasteiger partial charge in [-0.1, -0.05) is 12.1 Å². The molecule has 1 saturated heterocycles. The van der Waals surface area contributed by atoms with E-state index in [1.807, 2.05) is 12.1 Å². The number of carbonyl (C=O) groups excluding carboxylic acids is 1. The molecule has 1 aromatic carbocycles. The van der Waals surface area contributed by atoms with E-state index in [4.69, 9.17) is 4.74 Å². The molecule has 4 aliphatic rings. The van der Waals surface area contributed by atoms with Crippen molar-refractivity contribution in [3.05, 3.63) is 35.9 Å². The van der Waals surface area contributed by atoms with Crippen molar-refractivity contribution in [3.8, 4) is 11.5 Å². The van der Waals surface area contributed by atoms with Gasteiger partial charge in [-0.3, -0.25) is 9.69 Å². The fraction of sp³-hybridized carbons (Fsp3) is 0.526. The molecule has 0 radical (unpaired) electrons. The highest BCUT2D eigenvalue weighted by atomic mass is 16.5. The number of nitrogens with zero attached hydrogens (tertiary/aromatic N) is 1. The number of ketones is 1. The third-order valence-electron chi connectivity index (χ3n) is 6.73. The van der Waals surface area contributed by atoms with E-state index in [0.29, 0.717) is 31.4 Å². The normalized spacial score (nSPS) is 39.3. The molecule has 2 aliphatic carbocycles. The van der Waals surface area contributed by atoms with Gasteiger partial charge in [0.15, 0.2) is 23.4 Å². The summed E-state index contributed by atoms with van der Waals surface area (Å²) in [5.74, 6) is 0.528. The Hall–Kier alpha value is -1.85. The first-order valence-electron chi connectivity index (χ1n) is 8.65. The van der Waals surface area contributed by atoms with Gasteiger partial charge in [0.05, 0.1) is 11.0 Å². The summed E-state index contributed by atoms with van der Waals surface area (Å²) < 4.78 is 5.98. The average Bonchev–Trinajstić information content (AvgIpc) is 2.91. The van der Waals surface area contributed by atoms with Crippen LogP contribution >= 0.6 is 0 Å². The van der Waals surface area contributed by atoms with Crippen LogP contribution in [0.2, 0.25) is 0 Å². The second-order valence-corrected chi connectivity index (χ2v) is 7.56. The van der Waals surface area contributed by atoms with E-state index < -0.39 is 17.1 Å². The van der Waals surface area contributed by atoms with E-state index in [-0.39, 0.29) is 17.6 Å². The minimum Gasteiger partial charge on any atom is -0.504 e. The van der Waals surface area contributed by atoms with Crippen LogP contribution in [0, 0.1) is 0 Å². The highest BCUT2D eigenvalue weighted by Crippen LogP contribution is 2.64. The summed E-state index contributed by atoms with van der Waals surface area (Å²) in [5.41, 5.74) is 0.256. The topological polar surface area (TPSA) is 70.0 Å². The van der Waals surface area contributed by atoms with Crippen LogP contribution in [0.25, 0.3) is 0 Å². The number of aromatic hydroxyl groups is 1. The van der Waals surface area contributed by atoms with Gasteiger partial charge < -0.3 is 14.9 Å². The molecular weight excluding hydrogens is 306 g/mol. The Labute approximate surface area is 140 Å². The van der Waals surface area contributed by atoms with Crippen LogP contribution in [-0.4, -0.2) is 51.7 Å². The number of hydrogen-bond donors (Lipinski definition) is 2. The lowest BCUT2D eigenvalue weighted by Gasteiger charge is -2.62. The third-order valence-corrected chi connectivity index (χ3v) is 6.73. The molecule has 5 heteroatoms. The lowest BCUT2D eigenvalue weighted by Crippen LogP contribution is -2.76. The summed E-state index contributed by atoms with van der Waals surface area (Å²) in [6.45, 7) is 5.36. The largest absolute Gasteiger partial charge is 0.504 e. The number of carbonyl (C=O) groups is 1. The maximum atomic E-state index is 12.6. The molecule has 24 heavy (non-hydrogen) atoms. The van der Waals surface area contributed by atoms with E-state index in [0.717, 1.165) is 24.2 Å². The molecule has 1 spiro atoms. The fourth-order valence-electron chi connectivity index (χ4n) is 5.80. The summed E-state index contributed by atoms with van der Waals surface area (Å²) in [7, 11) is 0. The summed E-state index contributed by atoms with van der Waals surface area (Å²) in [4.78, 5) is 14.9. The zero-order valence-electron chi connectivity index (χ0n) is 13.5. The Morgan fingerprint density at radius 1 is 1.42 bits per heavy atom. The number of hydrogen-bond acceptors (Lipinski definition) is 5. The number of ether oxygens (including phenoxy) is 1. The van der Waals surface area contributed by atoms with Gasteiger partial charge in [-0.05, 0) is 30.9 Å². The number of likely N-dealkylation sites (tertiary alicyclic amines) is 1. The maximum Gasteiger partial charge on any atom is 0.174 e. The molecule has 0 aromatic heterocycles. The van der Waals surface area contributed by atoms with Crippen LogP contribution < -0.4 is 4.74 Å². The number of benzene rings is 1. The Balaban J connectivity index is 1.80. The standard InChI is InChI=1S/C19H21NO4/c1-2-8-20-9-7-18-15-11-3-4-12(21)16(15)24-17(18)13(22)5-6-19(18,23)14(20)10-11/h2-4,14,17,21,23H,1,5-10H2/t14-,17+,18+,19-/m0/s1. The number of aliphatic hydroxyl groups is 1. The predicted octanol–water partition coefficient (Wildman–Crippen LogP) is 1.30. The summed E-state index contributed by atoms with van der Waals surface area (Å²) in [6, 6.07) is 3.52. The molecule has 126 valence electrons. The number of rotatable bonds is 2. The van der Waals surface area contributed by atoms with Crippen molar-refractivity contribution in [2.45, 2.75) is 48.8 Å². The second kappa shape index (κ2) is 4.41. The zero-order chi connectivity index (χ0) is 16.7. The number of piperidine rings is 1. The third kappa shape index (κ3) is 1.38. The first-order valence-corrected chi connectivity index (χ1v) is 8.65. The van der Waals surface area contributed by atoms with Crippen molar-refractivity contribution in [1.82, 2.24) is 4.90 Å². The van der Waals surface area contributed by atoms with Crippen LogP contribution in [0.5, 0.6) is 11.5 Å². The van der Waals surface area contributed by atoms with Crippen molar-refractivity contribution in [1.29, 1.82) is 0 Å². The number of phenolic OH excluding ortho intramolecular Hbond substituents is 1. The lowest BCUT2D eigenvalue weighted by atomic mass is 9.49. The maximum absolute atomic E-state index is 12.6. The highest BCUT2D eigenvalue weighted by molar-refractivity contribution is 5.90. The van der Waals surface area contributed by atoms with Gasteiger partial charge in [-0.2, -0.15) is 0 Å². The van der Waals surface area contributed by atoms with Crippen molar-refractivity contribution in [3.63, 3.8) is 0 Å². The first-order chi connectivity index (χ1) is 11.5. The van der Waals surface area contributed by atoms with Crippen LogP contribution in [-0.2, 0) is 16.6 Å². The van der Waals surface area contributed by atoms with Crippen LogP contribution in [0.1, 0.15) is 30.4 Å². The lowest BCUT2D eigenvalue weighted by molar-refractivity contribution is -0.187. The molecule has 5 rings (SSSR count). The van der Waals surface area contributed by atoms with Crippen LogP contribution in [0.4, 0.5) is 0 Å². The van der Waals surface area contributed by atoms with E-state index in [1.165, 1.54) is 0 Å². The Bertz CT molecular complexity index is 775. The van der Waals surface area contributed by atoms with Crippen molar-refractivity contribution < 1.29 is 19.7 Å². The molecule has 2 N–H and O–H groups in total. The predicted molar refractivity (Wildman–Crippen MR) is 87.3 cm³/mol. The molecule has 2 fully saturated rings. The van der Waals surface area contributed by atoms with Gasteiger partial charge in [-0.25, -0.2) is 0 Å². The summed E-state index contributed by atoms with van der Waals surface area (Å²) >= 11 is 0. The molecule has 2 bridgehead atoms. The van der Waals surface area contributed by atoms with Gasteiger partial charge in [-0.15, -0.1) is 6.58 Å². The average molecular weight is 327 g/mol. The molecule has 2 aliphatic heterocycles. The second-order valence-electron chi connectivity index (χ2n) is 7.56. The molecule has 2 heterocycles. The summed E-state index contributed by atoms with van der Waals surface area (Å²) in [6.07, 6.45) is 3.35. The van der Waals surface area contributed by atoms with Gasteiger partial charge in [0, 0.05) is 31.1 Å². The van der Waals surface area contributed by atoms with Crippen molar-refractivity contribution in [2.75, 3.05) is 13.1 Å². The molecule has 1 saturated carbocycles. The van der Waals surface area contributed by atoms with E-state index >= 15 is 0 Å². The van der Waals surface area contributed by atoms with Gasteiger partial charge in [0.2, 0.25) is 0 Å². The van der Waals surface area contributed by atoms with Crippen molar-refractivity contribution >= 4 is 5.78 Å². The van der Waals surface area contributed by atoms with Gasteiger partial charge in [0.25, 0.3) is 0 Å². The Morgan fingerprint density at radius 3 is 3.04 bits per heavy atom. The first kappa shape index (κ1) is 14.5. The van der Waals surface area contributed by atoms with Crippen LogP contribution in [0.15, 0.2) is 24.8 Å². The van der Waals surface area contributed by atoms with Crippen LogP contribution in [0.3, 0.4) is 0 Å². The molecular formula is C19H21NO4. The van der Waals surface area contributed by atoms with Crippen molar-refractivity contribution in [2.24, 2.45) is 0 Å². The quantitative estimate of drug-likeness (QED) is 0.802. The SMILES string of the molecule is C=CCN1CC[C@@]23c4c5ccc(O)c4O[C@@H]2C(=O)CC[C@]3(O)[C@@H]1C5. The monoisotopic (exact) mass is 327 g/mol. The smallest absolute Gasteiger partial charge is 0.174 e. The zero-order valence-corrected chi connectivity index (χ0v) is 13.5. The molecule has 5 nitrogen and oxygen atoms in total. The Kier molecular flexibility index (Phi) is 2.66. The summed E-state index contributed by atoms with van der Waals surface area (Å²) in [5, 5.41) is 22.1. The number of Topliss-reactive ketones (excluding diaryl/α,β-unsaturated/α-hetero) is 1. The Morgan fingerprint density at radius 2 is 2.25 bits per heavy atom. The van der Waals surface area contributed by atoms with Gasteiger partial charge in [0.1, 0.15) is 0 Å². The molecule has 1 aromatic rings. The van der Waals surface area contributed by atoms with E-state index in [9.17, 15) is 15.0 Å². The molecule has 0 unspecified atom stereocenters. The van der Waals surface area contributed by atoms with E-state index in [2.05, 4.69) is 11.5 Å². The minimum atomic E-state index is -1.00.